The number of rotatable bonds is 3. The Bertz CT molecular complexity index is 630. The third-order valence-corrected chi connectivity index (χ3v) is 4.23. The molecule has 2 atom stereocenters. The van der Waals surface area contributed by atoms with E-state index in [0.717, 1.165) is 11.1 Å². The van der Waals surface area contributed by atoms with Crippen molar-refractivity contribution < 1.29 is 9.53 Å². The lowest BCUT2D eigenvalue weighted by molar-refractivity contribution is -0.0498. The average molecular weight is 310 g/mol. The number of ether oxygens (including phenoxy) is 1. The molecule has 1 saturated heterocycles. The van der Waals surface area contributed by atoms with Gasteiger partial charge < -0.3 is 15.0 Å². The molecule has 0 aromatic heterocycles. The number of nitrogens with zero attached hydrogens (tertiary/aromatic N) is 1. The van der Waals surface area contributed by atoms with Crippen molar-refractivity contribution in [1.82, 2.24) is 10.2 Å². The first-order valence-electron chi connectivity index (χ1n) is 8.00. The fraction of sp³-hybridized carbons (Fsp3) is 0.316. The number of benzene rings is 2. The second kappa shape index (κ2) is 7.29. The van der Waals surface area contributed by atoms with Crippen LogP contribution in [0.4, 0.5) is 4.79 Å². The number of carbonyl (C=O) groups is 1. The van der Waals surface area contributed by atoms with E-state index in [1.165, 1.54) is 0 Å². The minimum atomic E-state index is -0.0765. The van der Waals surface area contributed by atoms with E-state index in [1.807, 2.05) is 72.5 Å². The first-order chi connectivity index (χ1) is 11.3. The van der Waals surface area contributed by atoms with Gasteiger partial charge in [-0.2, -0.15) is 0 Å². The highest BCUT2D eigenvalue weighted by Gasteiger charge is 2.32. The molecule has 2 aromatic carbocycles. The Hall–Kier alpha value is -2.33. The van der Waals surface area contributed by atoms with Gasteiger partial charge in [-0.05, 0) is 18.1 Å². The highest BCUT2D eigenvalue weighted by atomic mass is 16.5. The standard InChI is InChI=1S/C19H22N2O2/c1-15-18(17-10-6-3-7-11-17)23-13-12-21(15)19(22)20-14-16-8-4-2-5-9-16/h2-11,15,18H,12-14H2,1H3,(H,20,22). The SMILES string of the molecule is CC1C(c2ccccc2)OCCN1C(=O)NCc1ccccc1. The summed E-state index contributed by atoms with van der Waals surface area (Å²) in [4.78, 5) is 14.4. The van der Waals surface area contributed by atoms with Gasteiger partial charge in [-0.15, -0.1) is 0 Å². The molecule has 4 nitrogen and oxygen atoms in total. The lowest BCUT2D eigenvalue weighted by Gasteiger charge is -2.39. The first kappa shape index (κ1) is 15.6. The molecule has 0 spiro atoms. The molecular formula is C19H22N2O2. The van der Waals surface area contributed by atoms with Gasteiger partial charge in [0.1, 0.15) is 6.10 Å². The van der Waals surface area contributed by atoms with Crippen molar-refractivity contribution in [3.63, 3.8) is 0 Å². The van der Waals surface area contributed by atoms with Crippen LogP contribution in [0.1, 0.15) is 24.2 Å². The Kier molecular flexibility index (Phi) is 4.93. The summed E-state index contributed by atoms with van der Waals surface area (Å²) >= 11 is 0. The molecule has 2 aromatic rings. The number of carbonyl (C=O) groups excluding carboxylic acids is 1. The second-order valence-corrected chi connectivity index (χ2v) is 5.78. The number of morpholine rings is 1. The molecule has 2 amide bonds. The monoisotopic (exact) mass is 310 g/mol. The van der Waals surface area contributed by atoms with E-state index in [2.05, 4.69) is 5.32 Å². The summed E-state index contributed by atoms with van der Waals surface area (Å²) in [6.45, 7) is 3.76. The van der Waals surface area contributed by atoms with E-state index < -0.39 is 0 Å². The molecule has 1 aliphatic heterocycles. The van der Waals surface area contributed by atoms with Crippen molar-refractivity contribution in [2.75, 3.05) is 13.2 Å². The summed E-state index contributed by atoms with van der Waals surface area (Å²) in [6.07, 6.45) is -0.0765. The Labute approximate surface area is 137 Å². The van der Waals surface area contributed by atoms with E-state index in [4.69, 9.17) is 4.74 Å². The summed E-state index contributed by atoms with van der Waals surface area (Å²) in [6, 6.07) is 20.0. The van der Waals surface area contributed by atoms with Gasteiger partial charge in [-0.25, -0.2) is 4.79 Å². The van der Waals surface area contributed by atoms with Gasteiger partial charge in [-0.1, -0.05) is 60.7 Å². The molecule has 120 valence electrons. The zero-order valence-corrected chi connectivity index (χ0v) is 13.3. The molecular weight excluding hydrogens is 288 g/mol. The van der Waals surface area contributed by atoms with Crippen LogP contribution in [0.5, 0.6) is 0 Å². The Morgan fingerprint density at radius 2 is 1.78 bits per heavy atom. The predicted molar refractivity (Wildman–Crippen MR) is 90.0 cm³/mol. The maximum Gasteiger partial charge on any atom is 0.318 e. The van der Waals surface area contributed by atoms with E-state index >= 15 is 0 Å². The van der Waals surface area contributed by atoms with Gasteiger partial charge in [0, 0.05) is 13.1 Å². The number of amides is 2. The predicted octanol–water partition coefficient (Wildman–Crippen LogP) is 3.36. The fourth-order valence-electron chi connectivity index (χ4n) is 2.96. The van der Waals surface area contributed by atoms with Crippen molar-refractivity contribution in [2.45, 2.75) is 25.6 Å². The lowest BCUT2D eigenvalue weighted by Crippen LogP contribution is -2.52. The third kappa shape index (κ3) is 3.71. The Balaban J connectivity index is 1.63. The summed E-state index contributed by atoms with van der Waals surface area (Å²) in [5.74, 6) is 0. The number of hydrogen-bond acceptors (Lipinski definition) is 2. The topological polar surface area (TPSA) is 41.6 Å². The third-order valence-electron chi connectivity index (χ3n) is 4.23. The molecule has 0 aliphatic carbocycles. The molecule has 4 heteroatoms. The maximum absolute atomic E-state index is 12.5. The molecule has 3 rings (SSSR count). The van der Waals surface area contributed by atoms with Crippen molar-refractivity contribution in [3.8, 4) is 0 Å². The van der Waals surface area contributed by atoms with E-state index in [9.17, 15) is 4.79 Å². The summed E-state index contributed by atoms with van der Waals surface area (Å²) < 4.78 is 5.90. The van der Waals surface area contributed by atoms with E-state index in [-0.39, 0.29) is 18.2 Å². The van der Waals surface area contributed by atoms with Crippen LogP contribution in [-0.2, 0) is 11.3 Å². The van der Waals surface area contributed by atoms with Crippen molar-refractivity contribution in [1.29, 1.82) is 0 Å². The number of hydrogen-bond donors (Lipinski definition) is 1. The van der Waals surface area contributed by atoms with Crippen molar-refractivity contribution in [2.24, 2.45) is 0 Å². The minimum absolute atomic E-state index is 0.00178. The van der Waals surface area contributed by atoms with Gasteiger partial charge in [0.25, 0.3) is 0 Å². The molecule has 1 aliphatic rings. The number of nitrogens with one attached hydrogen (secondary N) is 1. The lowest BCUT2D eigenvalue weighted by atomic mass is 10.0. The first-order valence-corrected chi connectivity index (χ1v) is 8.00. The zero-order chi connectivity index (χ0) is 16.1. The molecule has 0 radical (unpaired) electrons. The van der Waals surface area contributed by atoms with Crippen LogP contribution >= 0.6 is 0 Å². The van der Waals surface area contributed by atoms with Gasteiger partial charge in [-0.3, -0.25) is 0 Å². The van der Waals surface area contributed by atoms with E-state index in [1.54, 1.807) is 0 Å². The van der Waals surface area contributed by atoms with E-state index in [0.29, 0.717) is 19.7 Å². The van der Waals surface area contributed by atoms with Crippen molar-refractivity contribution in [3.05, 3.63) is 71.8 Å². The fourth-order valence-corrected chi connectivity index (χ4v) is 2.96. The van der Waals surface area contributed by atoms with Gasteiger partial charge in [0.2, 0.25) is 0 Å². The molecule has 2 unspecified atom stereocenters. The zero-order valence-electron chi connectivity index (χ0n) is 13.3. The highest BCUT2D eigenvalue weighted by molar-refractivity contribution is 5.74. The molecule has 1 fully saturated rings. The number of urea groups is 1. The normalized spacial score (nSPS) is 21.0. The van der Waals surface area contributed by atoms with Crippen LogP contribution in [0.2, 0.25) is 0 Å². The van der Waals surface area contributed by atoms with Crippen molar-refractivity contribution >= 4 is 6.03 Å². The quantitative estimate of drug-likeness (QED) is 0.944. The summed E-state index contributed by atoms with van der Waals surface area (Å²) in [5, 5.41) is 3.00. The molecule has 1 N–H and O–H groups in total. The smallest absolute Gasteiger partial charge is 0.318 e. The van der Waals surface area contributed by atoms with Gasteiger partial charge in [0.05, 0.1) is 12.6 Å². The van der Waals surface area contributed by atoms with Gasteiger partial charge >= 0.3 is 6.03 Å². The van der Waals surface area contributed by atoms with Gasteiger partial charge in [0.15, 0.2) is 0 Å². The Morgan fingerprint density at radius 1 is 1.13 bits per heavy atom. The van der Waals surface area contributed by atoms with Crippen LogP contribution < -0.4 is 5.32 Å². The second-order valence-electron chi connectivity index (χ2n) is 5.78. The summed E-state index contributed by atoms with van der Waals surface area (Å²) in [5.41, 5.74) is 2.21. The van der Waals surface area contributed by atoms with Crippen LogP contribution in [0, 0.1) is 0 Å². The molecule has 0 saturated carbocycles. The highest BCUT2D eigenvalue weighted by Crippen LogP contribution is 2.28. The molecule has 0 bridgehead atoms. The Morgan fingerprint density at radius 3 is 2.48 bits per heavy atom. The molecule has 23 heavy (non-hydrogen) atoms. The van der Waals surface area contributed by atoms with Crippen LogP contribution in [0.25, 0.3) is 0 Å². The van der Waals surface area contributed by atoms with Crippen LogP contribution in [-0.4, -0.2) is 30.1 Å². The van der Waals surface area contributed by atoms with Crippen LogP contribution in [0.15, 0.2) is 60.7 Å². The largest absolute Gasteiger partial charge is 0.370 e. The average Bonchev–Trinajstić information content (AvgIpc) is 2.61. The van der Waals surface area contributed by atoms with Crippen LogP contribution in [0.3, 0.4) is 0 Å². The minimum Gasteiger partial charge on any atom is -0.370 e. The maximum atomic E-state index is 12.5. The summed E-state index contributed by atoms with van der Waals surface area (Å²) in [7, 11) is 0. The molecule has 1 heterocycles.